The Morgan fingerprint density at radius 1 is 1.00 bits per heavy atom. The molecule has 0 aliphatic carbocycles. The highest BCUT2D eigenvalue weighted by molar-refractivity contribution is 6.01. The van der Waals surface area contributed by atoms with Gasteiger partial charge in [0.1, 0.15) is 18.2 Å². The third kappa shape index (κ3) is 4.99. The van der Waals surface area contributed by atoms with Crippen molar-refractivity contribution in [3.05, 3.63) is 67.0 Å². The molecule has 246 valence electrons. The highest BCUT2D eigenvalue weighted by atomic mass is 16.5. The van der Waals surface area contributed by atoms with Crippen molar-refractivity contribution in [2.24, 2.45) is 7.05 Å². The summed E-state index contributed by atoms with van der Waals surface area (Å²) >= 11 is 0. The van der Waals surface area contributed by atoms with Gasteiger partial charge in [-0.15, -0.1) is 0 Å². The highest BCUT2D eigenvalue weighted by Gasteiger charge is 2.46. The molecular formula is C37H40N8O3. The van der Waals surface area contributed by atoms with E-state index in [1.807, 2.05) is 42.4 Å². The summed E-state index contributed by atoms with van der Waals surface area (Å²) in [4.78, 5) is 30.5. The van der Waals surface area contributed by atoms with Crippen molar-refractivity contribution in [3.63, 3.8) is 0 Å². The minimum Gasteiger partial charge on any atom is -0.508 e. The van der Waals surface area contributed by atoms with Crippen LogP contribution in [-0.4, -0.2) is 91.1 Å². The van der Waals surface area contributed by atoms with E-state index in [2.05, 4.69) is 44.5 Å². The van der Waals surface area contributed by atoms with Gasteiger partial charge in [-0.1, -0.05) is 30.3 Å². The number of anilines is 2. The van der Waals surface area contributed by atoms with E-state index in [0.29, 0.717) is 31.4 Å². The minimum atomic E-state index is -0.0772. The molecular weight excluding hydrogens is 604 g/mol. The van der Waals surface area contributed by atoms with Crippen molar-refractivity contribution in [2.45, 2.75) is 56.1 Å². The van der Waals surface area contributed by atoms with Gasteiger partial charge in [0.25, 0.3) is 0 Å². The molecule has 4 aliphatic heterocycles. The van der Waals surface area contributed by atoms with E-state index in [-0.39, 0.29) is 29.4 Å². The lowest BCUT2D eigenvalue weighted by Gasteiger charge is -2.41. The zero-order valence-corrected chi connectivity index (χ0v) is 27.2. The number of phenolic OH excluding ortho intramolecular Hbond substituents is 1. The SMILES string of the molecule is Cn1cc(NC(=O)N2[C@@H]3CC[C@H]2CN(c2nc(OCC45CCCN4CCC5)nc4cc(-c5cc(O)cc6ccccc56)ccc24)C3)cn1. The summed E-state index contributed by atoms with van der Waals surface area (Å²) in [5.74, 6) is 1.08. The predicted molar refractivity (Wildman–Crippen MR) is 186 cm³/mol. The molecule has 9 rings (SSSR count). The first-order valence-corrected chi connectivity index (χ1v) is 17.2. The first kappa shape index (κ1) is 29.3. The maximum atomic E-state index is 13.4. The molecule has 4 saturated heterocycles. The van der Waals surface area contributed by atoms with Crippen LogP contribution in [0.5, 0.6) is 11.8 Å². The zero-order valence-electron chi connectivity index (χ0n) is 27.2. The van der Waals surface area contributed by atoms with Crippen LogP contribution in [0.15, 0.2) is 67.0 Å². The Hall–Kier alpha value is -4.90. The van der Waals surface area contributed by atoms with Crippen molar-refractivity contribution in [1.29, 1.82) is 0 Å². The topological polar surface area (TPSA) is 112 Å². The molecule has 11 nitrogen and oxygen atoms in total. The number of carbonyl (C=O) groups is 1. The van der Waals surface area contributed by atoms with Gasteiger partial charge in [-0.25, -0.2) is 4.79 Å². The van der Waals surface area contributed by atoms with Gasteiger partial charge in [0.2, 0.25) is 0 Å². The lowest BCUT2D eigenvalue weighted by Crippen LogP contribution is -2.57. The van der Waals surface area contributed by atoms with E-state index >= 15 is 0 Å². The number of hydrogen-bond acceptors (Lipinski definition) is 8. The van der Waals surface area contributed by atoms with Gasteiger partial charge in [-0.05, 0) is 97.8 Å². The Morgan fingerprint density at radius 3 is 2.56 bits per heavy atom. The first-order chi connectivity index (χ1) is 23.4. The van der Waals surface area contributed by atoms with E-state index in [1.54, 1.807) is 16.9 Å². The number of piperazine rings is 1. The second-order valence-corrected chi connectivity index (χ2v) is 14.0. The Morgan fingerprint density at radius 2 is 1.79 bits per heavy atom. The number of ether oxygens (including phenoxy) is 1. The Labute approximate surface area is 279 Å². The third-order valence-electron chi connectivity index (χ3n) is 11.1. The number of aromatic nitrogens is 4. The summed E-state index contributed by atoms with van der Waals surface area (Å²) in [6, 6.07) is 18.5. The maximum absolute atomic E-state index is 13.4. The first-order valence-electron chi connectivity index (χ1n) is 17.2. The Balaban J connectivity index is 1.07. The number of hydrogen-bond donors (Lipinski definition) is 2. The number of aromatic hydroxyl groups is 1. The van der Waals surface area contributed by atoms with Gasteiger partial charge in [-0.3, -0.25) is 9.58 Å². The van der Waals surface area contributed by atoms with Crippen molar-refractivity contribution in [2.75, 3.05) is 43.0 Å². The van der Waals surface area contributed by atoms with Crippen LogP contribution in [0.3, 0.4) is 0 Å². The second kappa shape index (κ2) is 11.4. The van der Waals surface area contributed by atoms with Crippen LogP contribution in [0.2, 0.25) is 0 Å². The maximum Gasteiger partial charge on any atom is 0.322 e. The van der Waals surface area contributed by atoms with Gasteiger partial charge in [-0.2, -0.15) is 15.1 Å². The van der Waals surface area contributed by atoms with E-state index in [0.717, 1.165) is 77.4 Å². The van der Waals surface area contributed by atoms with Crippen molar-refractivity contribution < 1.29 is 14.6 Å². The molecule has 2 N–H and O–H groups in total. The highest BCUT2D eigenvalue weighted by Crippen LogP contribution is 2.41. The number of rotatable bonds is 6. The van der Waals surface area contributed by atoms with Crippen molar-refractivity contribution in [1.82, 2.24) is 29.5 Å². The number of aryl methyl sites for hydroxylation is 1. The molecule has 2 bridgehead atoms. The number of nitrogens with zero attached hydrogens (tertiary/aromatic N) is 7. The Bertz CT molecular complexity index is 2020. The molecule has 11 heteroatoms. The molecule has 0 radical (unpaired) electrons. The molecule has 0 spiro atoms. The van der Waals surface area contributed by atoms with Crippen LogP contribution >= 0.6 is 0 Å². The van der Waals surface area contributed by atoms with E-state index in [4.69, 9.17) is 14.7 Å². The van der Waals surface area contributed by atoms with Crippen LogP contribution < -0.4 is 15.0 Å². The molecule has 4 aliphatic rings. The molecule has 0 unspecified atom stereocenters. The number of phenols is 1. The quantitative estimate of drug-likeness (QED) is 0.239. The molecule has 2 atom stereocenters. The van der Waals surface area contributed by atoms with Gasteiger partial charge in [0, 0.05) is 31.7 Å². The third-order valence-corrected chi connectivity index (χ3v) is 11.1. The standard InChI is InChI=1S/C37H40N8O3/c1-42-20-26(19-38-42)39-36(47)45-27-9-10-28(45)22-43(21-27)34-31-11-8-25(32-18-29(46)16-24-6-2-3-7-30(24)32)17-33(31)40-35(41-34)48-23-37-12-4-14-44(37)15-5-13-37/h2-3,6-8,11,16-20,27-28,46H,4-5,9-10,12-15,21-23H2,1H3,(H,39,47)/t27-,28+. The van der Waals surface area contributed by atoms with Gasteiger partial charge in [0.15, 0.2) is 0 Å². The molecule has 5 aromatic rings. The van der Waals surface area contributed by atoms with E-state index in [1.165, 1.54) is 12.8 Å². The molecule has 6 heterocycles. The van der Waals surface area contributed by atoms with Crippen LogP contribution in [-0.2, 0) is 7.05 Å². The summed E-state index contributed by atoms with van der Waals surface area (Å²) in [6.07, 6.45) is 10.1. The smallest absolute Gasteiger partial charge is 0.322 e. The average Bonchev–Trinajstić information content (AvgIpc) is 3.85. The van der Waals surface area contributed by atoms with Crippen LogP contribution in [0.1, 0.15) is 38.5 Å². The lowest BCUT2D eigenvalue weighted by atomic mass is 9.95. The van der Waals surface area contributed by atoms with Crippen LogP contribution in [0.4, 0.5) is 16.3 Å². The number of carbonyl (C=O) groups excluding carboxylic acids is 1. The predicted octanol–water partition coefficient (Wildman–Crippen LogP) is 5.78. The summed E-state index contributed by atoms with van der Waals surface area (Å²) in [6.45, 7) is 4.21. The van der Waals surface area contributed by atoms with Gasteiger partial charge in [0.05, 0.1) is 35.0 Å². The van der Waals surface area contributed by atoms with Crippen LogP contribution in [0, 0.1) is 0 Å². The largest absolute Gasteiger partial charge is 0.508 e. The average molecular weight is 645 g/mol. The van der Waals surface area contributed by atoms with Crippen molar-refractivity contribution >= 4 is 39.2 Å². The van der Waals surface area contributed by atoms with Gasteiger partial charge < -0.3 is 25.0 Å². The molecule has 3 aromatic carbocycles. The summed E-state index contributed by atoms with van der Waals surface area (Å²) in [7, 11) is 1.84. The molecule has 4 fully saturated rings. The molecule has 48 heavy (non-hydrogen) atoms. The van der Waals surface area contributed by atoms with Crippen molar-refractivity contribution in [3.8, 4) is 22.9 Å². The molecule has 0 saturated carbocycles. The fourth-order valence-corrected chi connectivity index (χ4v) is 8.84. The minimum absolute atomic E-state index is 0.0668. The number of nitrogens with one attached hydrogen (secondary N) is 1. The Kier molecular flexibility index (Phi) is 6.93. The summed E-state index contributed by atoms with van der Waals surface area (Å²) < 4.78 is 8.24. The van der Waals surface area contributed by atoms with Crippen LogP contribution in [0.25, 0.3) is 32.8 Å². The molecule has 2 aromatic heterocycles. The van der Waals surface area contributed by atoms with Gasteiger partial charge >= 0.3 is 12.0 Å². The fraction of sp³-hybridized carbons (Fsp3) is 0.405. The fourth-order valence-electron chi connectivity index (χ4n) is 8.84. The monoisotopic (exact) mass is 644 g/mol. The normalized spacial score (nSPS) is 21.7. The van der Waals surface area contributed by atoms with E-state index in [9.17, 15) is 9.90 Å². The second-order valence-electron chi connectivity index (χ2n) is 14.0. The lowest BCUT2D eigenvalue weighted by molar-refractivity contribution is 0.108. The van der Waals surface area contributed by atoms with E-state index < -0.39 is 0 Å². The number of amides is 2. The summed E-state index contributed by atoms with van der Waals surface area (Å²) in [5.41, 5.74) is 3.50. The number of fused-ring (bicyclic) bond motifs is 5. The molecule has 2 amide bonds. The number of urea groups is 1. The zero-order chi connectivity index (χ0) is 32.4. The number of benzene rings is 3. The summed E-state index contributed by atoms with van der Waals surface area (Å²) in [5, 5.41) is 20.8.